The van der Waals surface area contributed by atoms with Gasteiger partial charge in [0.15, 0.2) is 11.0 Å². The molecule has 0 aliphatic rings. The van der Waals surface area contributed by atoms with Gasteiger partial charge in [0.2, 0.25) is 0 Å². The molecule has 0 saturated carbocycles. The van der Waals surface area contributed by atoms with Gasteiger partial charge >= 0.3 is 0 Å². The quantitative estimate of drug-likeness (QED) is 0.354. The Kier molecular flexibility index (Phi) is 5.83. The van der Waals surface area contributed by atoms with Crippen molar-refractivity contribution in [2.75, 3.05) is 7.11 Å². The van der Waals surface area contributed by atoms with Gasteiger partial charge in [-0.25, -0.2) is 4.39 Å². The molecule has 0 spiro atoms. The predicted molar refractivity (Wildman–Crippen MR) is 114 cm³/mol. The van der Waals surface area contributed by atoms with E-state index >= 15 is 0 Å². The van der Waals surface area contributed by atoms with Crippen LogP contribution in [0, 0.1) is 5.82 Å². The van der Waals surface area contributed by atoms with E-state index in [1.54, 1.807) is 19.2 Å². The Morgan fingerprint density at radius 1 is 0.966 bits per heavy atom. The maximum atomic E-state index is 13.2. The topological polar surface area (TPSA) is 39.9 Å². The summed E-state index contributed by atoms with van der Waals surface area (Å²) in [6.07, 6.45) is 0. The second-order valence-corrected chi connectivity index (χ2v) is 7.61. The van der Waals surface area contributed by atoms with Gasteiger partial charge in [-0.05, 0) is 54.1 Å². The smallest absolute Gasteiger partial charge is 0.196 e. The second-order valence-electron chi connectivity index (χ2n) is 6.23. The van der Waals surface area contributed by atoms with Crippen molar-refractivity contribution in [2.45, 2.75) is 10.9 Å². The molecule has 0 N–H and O–H groups in total. The lowest BCUT2D eigenvalue weighted by Gasteiger charge is -2.12. The highest BCUT2D eigenvalue weighted by Crippen LogP contribution is 2.34. The first kappa shape index (κ1) is 19.5. The van der Waals surface area contributed by atoms with Gasteiger partial charge in [0.05, 0.1) is 12.7 Å². The van der Waals surface area contributed by atoms with Gasteiger partial charge < -0.3 is 4.74 Å². The van der Waals surface area contributed by atoms with Gasteiger partial charge in [0, 0.05) is 16.5 Å². The van der Waals surface area contributed by atoms with Crippen LogP contribution in [0.25, 0.3) is 17.1 Å². The van der Waals surface area contributed by atoms with Crippen molar-refractivity contribution in [2.24, 2.45) is 0 Å². The van der Waals surface area contributed by atoms with Gasteiger partial charge in [-0.2, -0.15) is 0 Å². The Morgan fingerprint density at radius 2 is 1.69 bits per heavy atom. The van der Waals surface area contributed by atoms with E-state index in [1.807, 2.05) is 53.1 Å². The number of nitrogens with zero attached hydrogens (tertiary/aromatic N) is 3. The first-order valence-corrected chi connectivity index (χ1v) is 10.2. The standard InChI is InChI=1S/C22H17ClFN3OS/c1-28-20-5-3-2-4-19(20)21-25-26-22(27(21)18-12-8-16(23)9-13-18)29-14-15-6-10-17(24)11-7-15/h2-13H,14H2,1H3. The number of hydrogen-bond donors (Lipinski definition) is 0. The normalized spacial score (nSPS) is 10.9. The SMILES string of the molecule is COc1ccccc1-c1nnc(SCc2ccc(F)cc2)n1-c1ccc(Cl)cc1. The number of aromatic nitrogens is 3. The van der Waals surface area contributed by atoms with Crippen LogP contribution in [-0.2, 0) is 5.75 Å². The zero-order valence-electron chi connectivity index (χ0n) is 15.5. The van der Waals surface area contributed by atoms with Gasteiger partial charge in [0.1, 0.15) is 11.6 Å². The van der Waals surface area contributed by atoms with Crippen molar-refractivity contribution in [1.29, 1.82) is 0 Å². The van der Waals surface area contributed by atoms with Gasteiger partial charge in [0.25, 0.3) is 0 Å². The Bertz CT molecular complexity index is 1110. The number of rotatable bonds is 6. The van der Waals surface area contributed by atoms with Crippen LogP contribution in [0.1, 0.15) is 5.56 Å². The average Bonchev–Trinajstić information content (AvgIpc) is 3.17. The molecule has 4 rings (SSSR count). The fourth-order valence-electron chi connectivity index (χ4n) is 2.92. The van der Waals surface area contributed by atoms with E-state index in [0.717, 1.165) is 22.0 Å². The molecule has 0 aliphatic carbocycles. The average molecular weight is 426 g/mol. The number of ether oxygens (including phenoxy) is 1. The van der Waals surface area contributed by atoms with Crippen molar-refractivity contribution < 1.29 is 9.13 Å². The highest BCUT2D eigenvalue weighted by atomic mass is 35.5. The van der Waals surface area contributed by atoms with Gasteiger partial charge in [-0.1, -0.05) is 47.6 Å². The predicted octanol–water partition coefficient (Wildman–Crippen LogP) is 6.03. The van der Waals surface area contributed by atoms with E-state index in [2.05, 4.69) is 10.2 Å². The lowest BCUT2D eigenvalue weighted by atomic mass is 10.2. The minimum atomic E-state index is -0.249. The maximum Gasteiger partial charge on any atom is 0.196 e. The molecule has 0 unspecified atom stereocenters. The van der Waals surface area contributed by atoms with Crippen LogP contribution in [0.4, 0.5) is 4.39 Å². The number of halogens is 2. The fourth-order valence-corrected chi connectivity index (χ4v) is 3.95. The Labute approximate surface area is 177 Å². The summed E-state index contributed by atoms with van der Waals surface area (Å²) in [5.41, 5.74) is 2.73. The maximum absolute atomic E-state index is 13.2. The summed E-state index contributed by atoms with van der Waals surface area (Å²) in [6.45, 7) is 0. The summed E-state index contributed by atoms with van der Waals surface area (Å²) in [5, 5.41) is 10.2. The molecular weight excluding hydrogens is 409 g/mol. The number of thioether (sulfide) groups is 1. The lowest BCUT2D eigenvalue weighted by molar-refractivity contribution is 0.416. The zero-order chi connectivity index (χ0) is 20.2. The summed E-state index contributed by atoms with van der Waals surface area (Å²) in [4.78, 5) is 0. The summed E-state index contributed by atoms with van der Waals surface area (Å²) < 4.78 is 20.7. The minimum Gasteiger partial charge on any atom is -0.496 e. The summed E-state index contributed by atoms with van der Waals surface area (Å²) in [6, 6.07) is 21.7. The van der Waals surface area contributed by atoms with Crippen LogP contribution in [0.3, 0.4) is 0 Å². The Morgan fingerprint density at radius 3 is 2.41 bits per heavy atom. The third-order valence-corrected chi connectivity index (χ3v) is 5.60. The molecule has 0 aliphatic heterocycles. The third kappa shape index (κ3) is 4.28. The molecule has 7 heteroatoms. The lowest BCUT2D eigenvalue weighted by Crippen LogP contribution is -2.01. The van der Waals surface area contributed by atoms with Crippen LogP contribution >= 0.6 is 23.4 Å². The van der Waals surface area contributed by atoms with E-state index in [-0.39, 0.29) is 5.82 Å². The molecule has 29 heavy (non-hydrogen) atoms. The molecule has 0 atom stereocenters. The molecule has 1 heterocycles. The molecule has 4 aromatic rings. The number of hydrogen-bond acceptors (Lipinski definition) is 4. The number of para-hydroxylation sites is 1. The molecule has 0 radical (unpaired) electrons. The van der Waals surface area contributed by atoms with Crippen molar-refractivity contribution in [1.82, 2.24) is 14.8 Å². The van der Waals surface area contributed by atoms with E-state index < -0.39 is 0 Å². The second kappa shape index (κ2) is 8.68. The fraction of sp³-hybridized carbons (Fsp3) is 0.0909. The molecule has 4 nitrogen and oxygen atoms in total. The molecular formula is C22H17ClFN3OS. The molecule has 0 saturated heterocycles. The zero-order valence-corrected chi connectivity index (χ0v) is 17.1. The van der Waals surface area contributed by atoms with Crippen molar-refractivity contribution in [3.8, 4) is 22.8 Å². The molecule has 0 fully saturated rings. The largest absolute Gasteiger partial charge is 0.496 e. The van der Waals surface area contributed by atoms with E-state index in [4.69, 9.17) is 16.3 Å². The van der Waals surface area contributed by atoms with E-state index in [0.29, 0.717) is 22.3 Å². The van der Waals surface area contributed by atoms with E-state index in [1.165, 1.54) is 23.9 Å². The first-order chi connectivity index (χ1) is 14.2. The van der Waals surface area contributed by atoms with Crippen LogP contribution in [0.2, 0.25) is 5.02 Å². The van der Waals surface area contributed by atoms with Crippen LogP contribution in [0.15, 0.2) is 78.0 Å². The van der Waals surface area contributed by atoms with Crippen molar-refractivity contribution in [3.05, 3.63) is 89.2 Å². The summed E-state index contributed by atoms with van der Waals surface area (Å²) >= 11 is 7.60. The van der Waals surface area contributed by atoms with Crippen LogP contribution in [-0.4, -0.2) is 21.9 Å². The minimum absolute atomic E-state index is 0.249. The van der Waals surface area contributed by atoms with E-state index in [9.17, 15) is 4.39 Å². The monoisotopic (exact) mass is 425 g/mol. The van der Waals surface area contributed by atoms with Crippen LogP contribution < -0.4 is 4.74 Å². The molecule has 1 aromatic heterocycles. The van der Waals surface area contributed by atoms with Crippen molar-refractivity contribution in [3.63, 3.8) is 0 Å². The molecule has 3 aromatic carbocycles. The highest BCUT2D eigenvalue weighted by molar-refractivity contribution is 7.98. The number of benzene rings is 3. The first-order valence-electron chi connectivity index (χ1n) is 8.87. The number of methoxy groups -OCH3 is 1. The Balaban J connectivity index is 1.76. The third-order valence-electron chi connectivity index (χ3n) is 4.35. The molecule has 0 bridgehead atoms. The Hall–Kier alpha value is -2.83. The summed E-state index contributed by atoms with van der Waals surface area (Å²) in [5.74, 6) is 1.77. The summed E-state index contributed by atoms with van der Waals surface area (Å²) in [7, 11) is 1.63. The van der Waals surface area contributed by atoms with Crippen LogP contribution in [0.5, 0.6) is 5.75 Å². The molecule has 146 valence electrons. The molecule has 0 amide bonds. The van der Waals surface area contributed by atoms with Gasteiger partial charge in [-0.15, -0.1) is 10.2 Å². The van der Waals surface area contributed by atoms with Crippen molar-refractivity contribution >= 4 is 23.4 Å². The van der Waals surface area contributed by atoms with Gasteiger partial charge in [-0.3, -0.25) is 4.57 Å². The highest BCUT2D eigenvalue weighted by Gasteiger charge is 2.19.